The standard InChI is InChI=1S/C28H29FN4O2/c1-3-18-6-7-19(24(29)13-18)17-35-21-10-12-33(27(34)15-21)26-9-8-22-23-16-32-11-4-5-20(32)14-25(23)31(2)28(22)30-26/h6-10,12-13,15,20H,3-5,11,14,16-17H2,1-2H3. The summed E-state index contributed by atoms with van der Waals surface area (Å²) in [5.41, 5.74) is 4.81. The SMILES string of the molecule is CCc1ccc(COc2ccn(-c3ccc4c5c(n(C)c4n3)CC3CCCN3C5)c(=O)c2)c(F)c1. The van der Waals surface area contributed by atoms with E-state index in [2.05, 4.69) is 22.6 Å². The predicted octanol–water partition coefficient (Wildman–Crippen LogP) is 4.53. The van der Waals surface area contributed by atoms with Crippen molar-refractivity contribution in [2.75, 3.05) is 6.54 Å². The van der Waals surface area contributed by atoms with Gasteiger partial charge in [-0.3, -0.25) is 14.3 Å². The molecule has 1 fully saturated rings. The van der Waals surface area contributed by atoms with Gasteiger partial charge in [0.1, 0.15) is 29.6 Å². The van der Waals surface area contributed by atoms with Crippen LogP contribution in [0, 0.1) is 5.82 Å². The number of hydrogen-bond acceptors (Lipinski definition) is 4. The molecule has 6 nitrogen and oxygen atoms in total. The zero-order valence-electron chi connectivity index (χ0n) is 20.1. The van der Waals surface area contributed by atoms with Gasteiger partial charge in [-0.15, -0.1) is 0 Å². The number of fused-ring (bicyclic) bond motifs is 4. The third kappa shape index (κ3) is 3.84. The first-order valence-electron chi connectivity index (χ1n) is 12.4. The van der Waals surface area contributed by atoms with Gasteiger partial charge in [-0.2, -0.15) is 0 Å². The molecule has 1 saturated heterocycles. The van der Waals surface area contributed by atoms with E-state index in [-0.39, 0.29) is 18.0 Å². The molecule has 1 atom stereocenters. The Hall–Kier alpha value is -3.45. The number of rotatable bonds is 5. The van der Waals surface area contributed by atoms with E-state index in [1.54, 1.807) is 18.3 Å². The maximum absolute atomic E-state index is 14.3. The summed E-state index contributed by atoms with van der Waals surface area (Å²) in [7, 11) is 2.08. The van der Waals surface area contributed by atoms with Gasteiger partial charge in [0, 0.05) is 55.0 Å². The van der Waals surface area contributed by atoms with Gasteiger partial charge in [0.25, 0.3) is 5.56 Å². The van der Waals surface area contributed by atoms with Gasteiger partial charge in [-0.1, -0.05) is 19.1 Å². The smallest absolute Gasteiger partial charge is 0.259 e. The first-order chi connectivity index (χ1) is 17.0. The number of halogens is 1. The normalized spacial score (nSPS) is 17.5. The highest BCUT2D eigenvalue weighted by molar-refractivity contribution is 5.83. The Balaban J connectivity index is 1.26. The fourth-order valence-corrected chi connectivity index (χ4v) is 5.58. The third-order valence-electron chi connectivity index (χ3n) is 7.60. The van der Waals surface area contributed by atoms with E-state index in [1.165, 1.54) is 52.7 Å². The number of aryl methyl sites for hydroxylation is 2. The van der Waals surface area contributed by atoms with Crippen molar-refractivity contribution in [3.8, 4) is 11.6 Å². The summed E-state index contributed by atoms with van der Waals surface area (Å²) in [4.78, 5) is 20.4. The summed E-state index contributed by atoms with van der Waals surface area (Å²) in [6, 6.07) is 12.9. The molecular weight excluding hydrogens is 443 g/mol. The van der Waals surface area contributed by atoms with Crippen LogP contribution in [0.5, 0.6) is 5.75 Å². The maximum atomic E-state index is 14.3. The van der Waals surface area contributed by atoms with Gasteiger partial charge in [-0.25, -0.2) is 9.37 Å². The Labute approximate surface area is 203 Å². The van der Waals surface area contributed by atoms with Crippen LogP contribution in [0.4, 0.5) is 4.39 Å². The van der Waals surface area contributed by atoms with Crippen molar-refractivity contribution in [2.45, 2.75) is 51.8 Å². The number of pyridine rings is 2. The maximum Gasteiger partial charge on any atom is 0.259 e. The molecule has 0 bridgehead atoms. The predicted molar refractivity (Wildman–Crippen MR) is 134 cm³/mol. The number of ether oxygens (including phenoxy) is 1. The molecule has 3 aromatic heterocycles. The van der Waals surface area contributed by atoms with E-state index < -0.39 is 0 Å². The molecule has 0 spiro atoms. The molecule has 2 aliphatic heterocycles. The second-order valence-electron chi connectivity index (χ2n) is 9.63. The van der Waals surface area contributed by atoms with Crippen molar-refractivity contribution in [2.24, 2.45) is 7.05 Å². The van der Waals surface area contributed by atoms with Crippen molar-refractivity contribution < 1.29 is 9.13 Å². The highest BCUT2D eigenvalue weighted by Crippen LogP contribution is 2.35. The van der Waals surface area contributed by atoms with E-state index in [4.69, 9.17) is 9.72 Å². The van der Waals surface area contributed by atoms with Crippen LogP contribution in [0.3, 0.4) is 0 Å². The highest BCUT2D eigenvalue weighted by Gasteiger charge is 2.33. The number of aromatic nitrogens is 3. The molecule has 0 radical (unpaired) electrons. The fraction of sp³-hybridized carbons (Fsp3) is 0.357. The third-order valence-corrected chi connectivity index (χ3v) is 7.60. The monoisotopic (exact) mass is 472 g/mol. The molecule has 7 heteroatoms. The zero-order valence-corrected chi connectivity index (χ0v) is 20.1. The largest absolute Gasteiger partial charge is 0.489 e. The summed E-state index contributed by atoms with van der Waals surface area (Å²) in [5, 5.41) is 1.17. The van der Waals surface area contributed by atoms with E-state index in [0.29, 0.717) is 23.2 Å². The Bertz CT molecular complexity index is 1490. The second kappa shape index (κ2) is 8.64. The lowest BCUT2D eigenvalue weighted by atomic mass is 9.99. The zero-order chi connectivity index (χ0) is 24.1. The molecule has 0 saturated carbocycles. The molecule has 4 aromatic rings. The summed E-state index contributed by atoms with van der Waals surface area (Å²) in [6.45, 7) is 4.20. The molecule has 6 rings (SSSR count). The van der Waals surface area contributed by atoms with Crippen LogP contribution in [0.1, 0.15) is 42.1 Å². The molecular formula is C28H29FN4O2. The quantitative estimate of drug-likeness (QED) is 0.429. The van der Waals surface area contributed by atoms with Crippen molar-refractivity contribution in [1.29, 1.82) is 0 Å². The summed E-state index contributed by atoms with van der Waals surface area (Å²) in [6.07, 6.45) is 6.05. The lowest BCUT2D eigenvalue weighted by Crippen LogP contribution is -2.35. The summed E-state index contributed by atoms with van der Waals surface area (Å²) < 4.78 is 23.7. The van der Waals surface area contributed by atoms with Crippen LogP contribution < -0.4 is 10.3 Å². The van der Waals surface area contributed by atoms with Crippen molar-refractivity contribution in [1.82, 2.24) is 19.0 Å². The molecule has 2 aliphatic rings. The topological polar surface area (TPSA) is 52.3 Å². The van der Waals surface area contributed by atoms with Crippen LogP contribution in [0.15, 0.2) is 53.5 Å². The Morgan fingerprint density at radius 1 is 1.17 bits per heavy atom. The molecule has 180 valence electrons. The minimum Gasteiger partial charge on any atom is -0.489 e. The molecule has 1 unspecified atom stereocenters. The fourth-order valence-electron chi connectivity index (χ4n) is 5.58. The van der Waals surface area contributed by atoms with Crippen molar-refractivity contribution >= 4 is 11.0 Å². The van der Waals surface area contributed by atoms with Crippen LogP contribution in [-0.2, 0) is 33.0 Å². The number of benzene rings is 1. The number of hydrogen-bond donors (Lipinski definition) is 0. The van der Waals surface area contributed by atoms with Gasteiger partial charge in [0.15, 0.2) is 0 Å². The Morgan fingerprint density at radius 3 is 2.86 bits per heavy atom. The first kappa shape index (κ1) is 22.0. The molecule has 5 heterocycles. The molecule has 0 amide bonds. The van der Waals surface area contributed by atoms with E-state index in [1.807, 2.05) is 19.1 Å². The average molecular weight is 473 g/mol. The minimum atomic E-state index is -0.291. The van der Waals surface area contributed by atoms with Gasteiger partial charge in [0.2, 0.25) is 0 Å². The minimum absolute atomic E-state index is 0.0659. The summed E-state index contributed by atoms with van der Waals surface area (Å²) >= 11 is 0. The van der Waals surface area contributed by atoms with Crippen molar-refractivity contribution in [3.63, 3.8) is 0 Å². The van der Waals surface area contributed by atoms with Gasteiger partial charge >= 0.3 is 0 Å². The van der Waals surface area contributed by atoms with Crippen LogP contribution in [-0.4, -0.2) is 31.6 Å². The average Bonchev–Trinajstić information content (AvgIpc) is 3.44. The summed E-state index contributed by atoms with van der Waals surface area (Å²) in [5.74, 6) is 0.691. The highest BCUT2D eigenvalue weighted by atomic mass is 19.1. The Morgan fingerprint density at radius 2 is 2.06 bits per heavy atom. The van der Waals surface area contributed by atoms with Crippen LogP contribution in [0.2, 0.25) is 0 Å². The molecule has 0 N–H and O–H groups in total. The molecule has 35 heavy (non-hydrogen) atoms. The van der Waals surface area contributed by atoms with E-state index in [0.717, 1.165) is 30.6 Å². The second-order valence-corrected chi connectivity index (χ2v) is 9.63. The van der Waals surface area contributed by atoms with E-state index >= 15 is 0 Å². The number of nitrogens with zero attached hydrogens (tertiary/aromatic N) is 4. The van der Waals surface area contributed by atoms with Gasteiger partial charge in [-0.05, 0) is 61.2 Å². The van der Waals surface area contributed by atoms with E-state index in [9.17, 15) is 9.18 Å². The van der Waals surface area contributed by atoms with Crippen LogP contribution >= 0.6 is 0 Å². The lowest BCUT2D eigenvalue weighted by Gasteiger charge is -2.30. The molecule has 0 aliphatic carbocycles. The Kier molecular flexibility index (Phi) is 5.44. The van der Waals surface area contributed by atoms with Crippen LogP contribution in [0.25, 0.3) is 16.9 Å². The van der Waals surface area contributed by atoms with Gasteiger partial charge in [0.05, 0.1) is 0 Å². The van der Waals surface area contributed by atoms with Gasteiger partial charge < -0.3 is 9.30 Å². The lowest BCUT2D eigenvalue weighted by molar-refractivity contribution is 0.225. The van der Waals surface area contributed by atoms with Crippen molar-refractivity contribution in [3.05, 3.63) is 87.2 Å². The molecule has 1 aromatic carbocycles. The first-order valence-corrected chi connectivity index (χ1v) is 12.4.